The minimum atomic E-state index is -1.91. The minimum Gasteiger partial charge on any atom is -0.490 e. The van der Waals surface area contributed by atoms with Gasteiger partial charge in [0.05, 0.1) is 45.7 Å². The smallest absolute Gasteiger partial charge is 0.415 e. The van der Waals surface area contributed by atoms with E-state index in [1.54, 1.807) is 41.8 Å². The summed E-state index contributed by atoms with van der Waals surface area (Å²) in [4.78, 5) is 69.9. The maximum absolute atomic E-state index is 14.1. The van der Waals surface area contributed by atoms with Crippen molar-refractivity contribution in [3.8, 4) is 29.0 Å². The Morgan fingerprint density at radius 1 is 0.938 bits per heavy atom. The van der Waals surface area contributed by atoms with Crippen molar-refractivity contribution in [1.82, 2.24) is 44.7 Å². The summed E-state index contributed by atoms with van der Waals surface area (Å²) in [7, 11) is 6.17. The van der Waals surface area contributed by atoms with Gasteiger partial charge in [-0.3, -0.25) is 14.5 Å². The fraction of sp³-hybridized carbons (Fsp3) is 0.541. The standard InChI is InChI=1S/C61H76ClN11O8/c1-8-61(78)48-30-51-56-41(34-73(51)58(75)47(48)36-79-59(61)76)29-45-46(35-68(5)6)53(21-18-49(45)65-56)81-60(77)72-33-37(2)71(32-38(72)3)26-12-10-9-11-25-69(7)43-23-27-70(28-24-43)54-22-19-50(66-67-54)57(74)64-42-14-16-44(17-15-42)80-52-20-13-40(31-63)55(62)39(52)4/h13,18-22,29-30,37-38,42-44,78H,8-12,14-17,23-28,32-36H2,1-7H3,(H,64,74)/t37-,38+,42?,44?,61-/m0/s1. The molecule has 7 heterocycles. The van der Waals surface area contributed by atoms with Crippen LogP contribution in [0.3, 0.4) is 0 Å². The van der Waals surface area contributed by atoms with Crippen LogP contribution in [0.1, 0.15) is 135 Å². The number of aromatic nitrogens is 4. The molecule has 5 aliphatic rings. The predicted molar refractivity (Wildman–Crippen MR) is 309 cm³/mol. The van der Waals surface area contributed by atoms with Crippen LogP contribution in [0, 0.1) is 18.3 Å². The third-order valence-electron chi connectivity index (χ3n) is 17.5. The molecule has 2 amide bonds. The van der Waals surface area contributed by atoms with Crippen LogP contribution in [0.4, 0.5) is 10.6 Å². The molecule has 0 spiro atoms. The molecule has 4 aliphatic heterocycles. The number of carbonyl (C=O) groups is 3. The summed E-state index contributed by atoms with van der Waals surface area (Å²) in [6.45, 7) is 13.5. The van der Waals surface area contributed by atoms with E-state index >= 15 is 0 Å². The van der Waals surface area contributed by atoms with Crippen molar-refractivity contribution in [1.29, 1.82) is 5.26 Å². The van der Waals surface area contributed by atoms with Crippen molar-refractivity contribution in [2.45, 2.75) is 154 Å². The molecule has 5 aromatic rings. The second kappa shape index (κ2) is 24.4. The Morgan fingerprint density at radius 2 is 1.69 bits per heavy atom. The Morgan fingerprint density at radius 3 is 2.41 bits per heavy atom. The molecule has 19 nitrogen and oxygen atoms in total. The average Bonchev–Trinajstić information content (AvgIpc) is 3.93. The number of rotatable bonds is 17. The fourth-order valence-electron chi connectivity index (χ4n) is 12.6. The molecule has 3 aromatic heterocycles. The minimum absolute atomic E-state index is 0.0159. The van der Waals surface area contributed by atoms with E-state index in [9.17, 15) is 29.5 Å². The number of amides is 2. The van der Waals surface area contributed by atoms with E-state index in [4.69, 9.17) is 30.8 Å². The van der Waals surface area contributed by atoms with Gasteiger partial charge in [-0.05, 0) is 161 Å². The first-order chi connectivity index (χ1) is 38.9. The highest BCUT2D eigenvalue weighted by Gasteiger charge is 2.45. The number of aliphatic hydroxyl groups is 1. The Balaban J connectivity index is 0.637. The fourth-order valence-corrected chi connectivity index (χ4v) is 12.8. The number of carbonyl (C=O) groups excluding carboxylic acids is 3. The normalized spacial score (nSPS) is 22.1. The zero-order valence-corrected chi connectivity index (χ0v) is 48.6. The van der Waals surface area contributed by atoms with Crippen molar-refractivity contribution in [2.75, 3.05) is 65.3 Å². The molecule has 10 rings (SSSR count). The lowest BCUT2D eigenvalue weighted by Gasteiger charge is -2.43. The van der Waals surface area contributed by atoms with Crippen LogP contribution in [0.5, 0.6) is 11.5 Å². The quantitative estimate of drug-likeness (QED) is 0.0656. The van der Waals surface area contributed by atoms with Gasteiger partial charge in [0, 0.05) is 84.5 Å². The van der Waals surface area contributed by atoms with Crippen molar-refractivity contribution < 1.29 is 33.7 Å². The van der Waals surface area contributed by atoms with E-state index in [-0.39, 0.29) is 72.5 Å². The summed E-state index contributed by atoms with van der Waals surface area (Å²) >= 11 is 6.35. The Bertz CT molecular complexity index is 3280. The second-order valence-corrected chi connectivity index (χ2v) is 23.7. The number of hydrogen-bond acceptors (Lipinski definition) is 16. The SMILES string of the molecule is CC[C@@]1(O)C(=O)OCc2c1cc1n(c2=O)Cc2cc3c(CN(C)C)c(OC(=O)N4C[C@H](C)N(CCCCCCN(C)C5CCN(c6ccc(C(=O)NC7CCC(Oc8ccc(C#N)c(Cl)c8C)CC7)nn6)CC5)C[C@H]4C)ccc3nc2-1. The van der Waals surface area contributed by atoms with Gasteiger partial charge in [0.2, 0.25) is 0 Å². The van der Waals surface area contributed by atoms with E-state index in [0.717, 1.165) is 125 Å². The van der Waals surface area contributed by atoms with Gasteiger partial charge in [-0.2, -0.15) is 5.26 Å². The number of anilines is 1. The highest BCUT2D eigenvalue weighted by Crippen LogP contribution is 2.41. The number of benzene rings is 2. The lowest BCUT2D eigenvalue weighted by Crippen LogP contribution is -2.58. The van der Waals surface area contributed by atoms with E-state index < -0.39 is 11.6 Å². The van der Waals surface area contributed by atoms with Gasteiger partial charge in [-0.1, -0.05) is 31.4 Å². The van der Waals surface area contributed by atoms with Gasteiger partial charge in [0.1, 0.15) is 24.2 Å². The zero-order chi connectivity index (χ0) is 57.3. The highest BCUT2D eigenvalue weighted by atomic mass is 35.5. The van der Waals surface area contributed by atoms with Gasteiger partial charge in [0.15, 0.2) is 17.1 Å². The average molecular weight is 1130 g/mol. The summed E-state index contributed by atoms with van der Waals surface area (Å²) in [5, 5.41) is 33.8. The van der Waals surface area contributed by atoms with Gasteiger partial charge in [0.25, 0.3) is 11.5 Å². The molecule has 1 aliphatic carbocycles. The number of piperidine rings is 1. The van der Waals surface area contributed by atoms with Gasteiger partial charge < -0.3 is 48.8 Å². The van der Waals surface area contributed by atoms with Crippen LogP contribution in [0.15, 0.2) is 53.3 Å². The maximum atomic E-state index is 14.1. The van der Waals surface area contributed by atoms with Crippen LogP contribution in [-0.4, -0.2) is 153 Å². The Kier molecular flexibility index (Phi) is 17.3. The lowest BCUT2D eigenvalue weighted by atomic mass is 9.86. The first-order valence-corrected chi connectivity index (χ1v) is 29.3. The molecule has 2 saturated heterocycles. The van der Waals surface area contributed by atoms with Crippen LogP contribution < -0.4 is 25.2 Å². The van der Waals surface area contributed by atoms with Crippen molar-refractivity contribution in [2.24, 2.45) is 0 Å². The van der Waals surface area contributed by atoms with E-state index in [2.05, 4.69) is 57.2 Å². The van der Waals surface area contributed by atoms with E-state index in [1.165, 1.54) is 0 Å². The Hall–Kier alpha value is -6.69. The lowest BCUT2D eigenvalue weighted by molar-refractivity contribution is -0.172. The first kappa shape index (κ1) is 57.5. The number of nitriles is 1. The largest absolute Gasteiger partial charge is 0.490 e. The molecular formula is C61H76ClN11O8. The summed E-state index contributed by atoms with van der Waals surface area (Å²) < 4.78 is 19.4. The molecule has 81 heavy (non-hydrogen) atoms. The molecule has 0 bridgehead atoms. The van der Waals surface area contributed by atoms with Crippen molar-refractivity contribution >= 4 is 46.3 Å². The summed E-state index contributed by atoms with van der Waals surface area (Å²) in [6.07, 6.45) is 9.49. The number of esters is 1. The number of pyridine rings is 2. The number of nitrogens with zero attached hydrogens (tertiary/aromatic N) is 10. The summed E-state index contributed by atoms with van der Waals surface area (Å²) in [5.41, 5.74) is 3.32. The van der Waals surface area contributed by atoms with Crippen molar-refractivity contribution in [3.05, 3.63) is 103 Å². The molecule has 0 radical (unpaired) electrons. The molecule has 2 aromatic carbocycles. The molecular weight excluding hydrogens is 1050 g/mol. The number of halogens is 1. The predicted octanol–water partition coefficient (Wildman–Crippen LogP) is 7.94. The number of fused-ring (bicyclic) bond motifs is 5. The first-order valence-electron chi connectivity index (χ1n) is 28.9. The summed E-state index contributed by atoms with van der Waals surface area (Å²) in [6, 6.07) is 17.3. The molecule has 2 N–H and O–H groups in total. The molecule has 3 atom stereocenters. The van der Waals surface area contributed by atoms with E-state index in [1.807, 2.05) is 49.0 Å². The van der Waals surface area contributed by atoms with Gasteiger partial charge >= 0.3 is 12.1 Å². The highest BCUT2D eigenvalue weighted by molar-refractivity contribution is 6.32. The number of nitrogens with one attached hydrogen (secondary N) is 1. The third kappa shape index (κ3) is 12.0. The number of cyclic esters (lactones) is 1. The van der Waals surface area contributed by atoms with E-state index in [0.29, 0.717) is 63.8 Å². The molecule has 20 heteroatoms. The van der Waals surface area contributed by atoms with Crippen LogP contribution in [0.25, 0.3) is 22.3 Å². The van der Waals surface area contributed by atoms with Gasteiger partial charge in [-0.15, -0.1) is 10.2 Å². The molecule has 3 fully saturated rings. The number of hydrogen-bond donors (Lipinski definition) is 2. The monoisotopic (exact) mass is 1130 g/mol. The maximum Gasteiger partial charge on any atom is 0.415 e. The molecule has 0 unspecified atom stereocenters. The van der Waals surface area contributed by atoms with Crippen LogP contribution in [0.2, 0.25) is 5.02 Å². The third-order valence-corrected chi connectivity index (χ3v) is 18.0. The van der Waals surface area contributed by atoms with Gasteiger partial charge in [-0.25, -0.2) is 14.6 Å². The number of piperazine rings is 1. The van der Waals surface area contributed by atoms with Crippen LogP contribution >= 0.6 is 11.6 Å². The molecule has 1 saturated carbocycles. The summed E-state index contributed by atoms with van der Waals surface area (Å²) in [5.74, 6) is 0.986. The second-order valence-electron chi connectivity index (χ2n) is 23.3. The topological polar surface area (TPSA) is 212 Å². The Labute approximate surface area is 479 Å². The number of unbranched alkanes of at least 4 members (excludes halogenated alkanes) is 3. The number of ether oxygens (including phenoxy) is 3. The zero-order valence-electron chi connectivity index (χ0n) is 47.8. The molecule has 430 valence electrons. The van der Waals surface area contributed by atoms with Crippen molar-refractivity contribution in [3.63, 3.8) is 0 Å². The van der Waals surface area contributed by atoms with Crippen LogP contribution in [-0.2, 0) is 34.8 Å².